The molecule has 12 heavy (non-hydrogen) atoms. The van der Waals surface area contributed by atoms with Crippen LogP contribution in [0.3, 0.4) is 0 Å². The molecule has 0 amide bonds. The lowest BCUT2D eigenvalue weighted by Crippen LogP contribution is -2.22. The molecule has 1 aliphatic rings. The highest BCUT2D eigenvalue weighted by Crippen LogP contribution is 2.23. The molecule has 0 bridgehead atoms. The van der Waals surface area contributed by atoms with Crippen LogP contribution in [0.4, 0.5) is 0 Å². The predicted octanol–water partition coefficient (Wildman–Crippen LogP) is 1.07. The summed E-state index contributed by atoms with van der Waals surface area (Å²) < 4.78 is 10.1. The van der Waals surface area contributed by atoms with E-state index in [-0.39, 0.29) is 12.1 Å². The van der Waals surface area contributed by atoms with Gasteiger partial charge >= 0.3 is 5.97 Å². The Kier molecular flexibility index (Phi) is 3.88. The molecule has 4 heteroatoms. The summed E-state index contributed by atoms with van der Waals surface area (Å²) in [6.07, 6.45) is 2.50. The zero-order valence-electron chi connectivity index (χ0n) is 7.41. The van der Waals surface area contributed by atoms with Gasteiger partial charge in [0.1, 0.15) is 0 Å². The lowest BCUT2D eigenvalue weighted by Gasteiger charge is -2.07. The molecule has 1 heterocycles. The molecule has 3 nitrogen and oxygen atoms in total. The molecule has 1 aliphatic heterocycles. The number of ether oxygens (including phenoxy) is 2. The van der Waals surface area contributed by atoms with Crippen LogP contribution in [0.5, 0.6) is 0 Å². The smallest absolute Gasteiger partial charge is 0.335 e. The number of hydrogen-bond donors (Lipinski definition) is 0. The summed E-state index contributed by atoms with van der Waals surface area (Å²) in [4.78, 5) is 11.2. The fraction of sp³-hybridized carbons (Fsp3) is 0.875. The largest absolute Gasteiger partial charge is 0.464 e. The average molecular weight is 190 g/mol. The van der Waals surface area contributed by atoms with E-state index in [4.69, 9.17) is 9.47 Å². The van der Waals surface area contributed by atoms with Crippen LogP contribution in [0.15, 0.2) is 0 Å². The van der Waals surface area contributed by atoms with Gasteiger partial charge in [-0.15, -0.1) is 0 Å². The average Bonchev–Trinajstić information content (AvgIpc) is 2.52. The Morgan fingerprint density at radius 2 is 2.50 bits per heavy atom. The van der Waals surface area contributed by atoms with Gasteiger partial charge < -0.3 is 9.47 Å². The van der Waals surface area contributed by atoms with Crippen LogP contribution >= 0.6 is 11.8 Å². The first-order chi connectivity index (χ1) is 5.77. The van der Waals surface area contributed by atoms with Gasteiger partial charge in [-0.3, -0.25) is 0 Å². The molecule has 0 radical (unpaired) electrons. The third-order valence-corrected chi connectivity index (χ3v) is 2.84. The van der Waals surface area contributed by atoms with E-state index in [1.807, 2.05) is 6.26 Å². The molecule has 0 aromatic carbocycles. The van der Waals surface area contributed by atoms with Crippen LogP contribution in [0.1, 0.15) is 13.3 Å². The van der Waals surface area contributed by atoms with Gasteiger partial charge in [-0.05, 0) is 19.6 Å². The first kappa shape index (κ1) is 9.86. The van der Waals surface area contributed by atoms with Gasteiger partial charge in [0.15, 0.2) is 6.10 Å². The molecule has 1 saturated heterocycles. The van der Waals surface area contributed by atoms with Gasteiger partial charge in [0.05, 0.1) is 13.2 Å². The van der Waals surface area contributed by atoms with Gasteiger partial charge in [0.2, 0.25) is 0 Å². The Labute approximate surface area is 76.8 Å². The van der Waals surface area contributed by atoms with E-state index < -0.39 is 0 Å². The lowest BCUT2D eigenvalue weighted by atomic mass is 10.2. The fourth-order valence-corrected chi connectivity index (χ4v) is 1.74. The molecular formula is C8H14O3S. The van der Waals surface area contributed by atoms with Crippen molar-refractivity contribution in [3.63, 3.8) is 0 Å². The number of esters is 1. The molecule has 1 fully saturated rings. The molecular weight excluding hydrogens is 176 g/mol. The third-order valence-electron chi connectivity index (χ3n) is 1.84. The maximum absolute atomic E-state index is 11.2. The summed E-state index contributed by atoms with van der Waals surface area (Å²) >= 11 is 1.74. The van der Waals surface area contributed by atoms with Gasteiger partial charge in [0, 0.05) is 5.25 Å². The van der Waals surface area contributed by atoms with E-state index in [0.717, 1.165) is 6.42 Å². The Bertz CT molecular complexity index is 160. The zero-order chi connectivity index (χ0) is 8.97. The maximum atomic E-state index is 11.2. The van der Waals surface area contributed by atoms with Crippen molar-refractivity contribution >= 4 is 17.7 Å². The molecule has 2 atom stereocenters. The molecule has 0 aliphatic carbocycles. The second kappa shape index (κ2) is 4.72. The van der Waals surface area contributed by atoms with Crippen molar-refractivity contribution in [2.45, 2.75) is 24.7 Å². The molecule has 0 unspecified atom stereocenters. The van der Waals surface area contributed by atoms with Crippen molar-refractivity contribution < 1.29 is 14.3 Å². The molecule has 0 N–H and O–H groups in total. The van der Waals surface area contributed by atoms with Gasteiger partial charge in [0.25, 0.3) is 0 Å². The van der Waals surface area contributed by atoms with Crippen LogP contribution in [0.2, 0.25) is 0 Å². The van der Waals surface area contributed by atoms with Crippen LogP contribution in [-0.4, -0.2) is 36.8 Å². The molecule has 1 rings (SSSR count). The van der Waals surface area contributed by atoms with E-state index in [2.05, 4.69) is 0 Å². The highest BCUT2D eigenvalue weighted by atomic mass is 32.2. The van der Waals surface area contributed by atoms with Crippen molar-refractivity contribution in [1.29, 1.82) is 0 Å². The standard InChI is InChI=1S/C8H14O3S/c1-3-10-8(9)7-4-6(12-2)5-11-7/h6-7H,3-5H2,1-2H3/t6-,7-/m0/s1. The highest BCUT2D eigenvalue weighted by Gasteiger charge is 2.31. The Balaban J connectivity index is 2.31. The van der Waals surface area contributed by atoms with Crippen LogP contribution in [0, 0.1) is 0 Å². The Morgan fingerprint density at radius 3 is 3.00 bits per heavy atom. The second-order valence-electron chi connectivity index (χ2n) is 2.67. The van der Waals surface area contributed by atoms with Crippen molar-refractivity contribution in [3.05, 3.63) is 0 Å². The summed E-state index contributed by atoms with van der Waals surface area (Å²) in [5.74, 6) is -0.214. The van der Waals surface area contributed by atoms with Crippen molar-refractivity contribution in [2.24, 2.45) is 0 Å². The van der Waals surface area contributed by atoms with E-state index in [0.29, 0.717) is 18.5 Å². The summed E-state index contributed by atoms with van der Waals surface area (Å²) in [5.41, 5.74) is 0. The lowest BCUT2D eigenvalue weighted by molar-refractivity contribution is -0.153. The summed E-state index contributed by atoms with van der Waals surface area (Å²) in [7, 11) is 0. The zero-order valence-corrected chi connectivity index (χ0v) is 8.23. The van der Waals surface area contributed by atoms with E-state index in [1.54, 1.807) is 18.7 Å². The maximum Gasteiger partial charge on any atom is 0.335 e. The Hall–Kier alpha value is -0.220. The summed E-state index contributed by atoms with van der Waals surface area (Å²) in [6, 6.07) is 0. The van der Waals surface area contributed by atoms with Crippen LogP contribution < -0.4 is 0 Å². The molecule has 0 aromatic rings. The summed E-state index contributed by atoms with van der Waals surface area (Å²) in [5, 5.41) is 0.458. The van der Waals surface area contributed by atoms with E-state index >= 15 is 0 Å². The topological polar surface area (TPSA) is 35.5 Å². The number of thioether (sulfide) groups is 1. The van der Waals surface area contributed by atoms with Gasteiger partial charge in [-0.25, -0.2) is 4.79 Å². The van der Waals surface area contributed by atoms with Gasteiger partial charge in [-0.1, -0.05) is 0 Å². The normalized spacial score (nSPS) is 28.8. The molecule has 70 valence electrons. The fourth-order valence-electron chi connectivity index (χ4n) is 1.16. The predicted molar refractivity (Wildman–Crippen MR) is 48.3 cm³/mol. The van der Waals surface area contributed by atoms with Crippen molar-refractivity contribution in [3.8, 4) is 0 Å². The SMILES string of the molecule is CCOC(=O)[C@@H]1C[C@H](SC)CO1. The van der Waals surface area contributed by atoms with Crippen LogP contribution in [-0.2, 0) is 14.3 Å². The quantitative estimate of drug-likeness (QED) is 0.624. The third kappa shape index (κ3) is 2.38. The van der Waals surface area contributed by atoms with E-state index in [9.17, 15) is 4.79 Å². The minimum Gasteiger partial charge on any atom is -0.464 e. The van der Waals surface area contributed by atoms with Crippen LogP contribution in [0.25, 0.3) is 0 Å². The Morgan fingerprint density at radius 1 is 1.75 bits per heavy atom. The first-order valence-electron chi connectivity index (χ1n) is 4.09. The number of carbonyl (C=O) groups is 1. The van der Waals surface area contributed by atoms with Gasteiger partial charge in [-0.2, -0.15) is 11.8 Å². The number of hydrogen-bond acceptors (Lipinski definition) is 4. The van der Waals surface area contributed by atoms with Crippen molar-refractivity contribution in [2.75, 3.05) is 19.5 Å². The number of carbonyl (C=O) groups excluding carboxylic acids is 1. The monoisotopic (exact) mass is 190 g/mol. The minimum atomic E-state index is -0.317. The van der Waals surface area contributed by atoms with E-state index in [1.165, 1.54) is 0 Å². The molecule has 0 aromatic heterocycles. The summed E-state index contributed by atoms with van der Waals surface area (Å²) in [6.45, 7) is 2.91. The minimum absolute atomic E-state index is 0.214. The highest BCUT2D eigenvalue weighted by molar-refractivity contribution is 7.99. The van der Waals surface area contributed by atoms with Crippen molar-refractivity contribution in [1.82, 2.24) is 0 Å². The molecule has 0 spiro atoms. The number of rotatable bonds is 3. The first-order valence-corrected chi connectivity index (χ1v) is 5.37. The molecule has 0 saturated carbocycles. The second-order valence-corrected chi connectivity index (χ2v) is 3.81.